The fraction of sp³-hybridized carbons (Fsp3) is 1.00. The van der Waals surface area contributed by atoms with Gasteiger partial charge in [0.05, 0.1) is 12.7 Å². The third kappa shape index (κ3) is 15.0. The van der Waals surface area contributed by atoms with Gasteiger partial charge in [-0.3, -0.25) is 0 Å². The molecule has 130 valence electrons. The van der Waals surface area contributed by atoms with Gasteiger partial charge in [-0.05, 0) is 26.7 Å². The van der Waals surface area contributed by atoms with Gasteiger partial charge in [-0.15, -0.1) is 17.0 Å². The van der Waals surface area contributed by atoms with E-state index >= 15 is 0 Å². The van der Waals surface area contributed by atoms with E-state index in [4.69, 9.17) is 15.2 Å². The first-order valence-electron chi connectivity index (χ1n) is 8.50. The molecule has 0 amide bonds. The summed E-state index contributed by atoms with van der Waals surface area (Å²) < 4.78 is 11.7. The Balaban J connectivity index is 0. The first-order chi connectivity index (χ1) is 9.52. The minimum atomic E-state index is -0.339. The molecule has 4 heteroatoms. The Hall–Kier alpha value is 0.360. The fourth-order valence-corrected chi connectivity index (χ4v) is 2.05. The van der Waals surface area contributed by atoms with E-state index in [-0.39, 0.29) is 28.6 Å². The first-order valence-corrected chi connectivity index (χ1v) is 8.50. The van der Waals surface area contributed by atoms with Gasteiger partial charge in [0.1, 0.15) is 0 Å². The molecule has 0 spiro atoms. The third-order valence-corrected chi connectivity index (χ3v) is 3.56. The quantitative estimate of drug-likeness (QED) is 0.445. The molecule has 0 saturated heterocycles. The van der Waals surface area contributed by atoms with Crippen molar-refractivity contribution in [2.45, 2.75) is 90.7 Å². The molecule has 0 radical (unpaired) electrons. The SMILES string of the molecule is Br.CCCCCCOCC(OCCCCCC)C(C)(C)N. The van der Waals surface area contributed by atoms with Gasteiger partial charge in [-0.2, -0.15) is 0 Å². The minimum Gasteiger partial charge on any atom is -0.379 e. The van der Waals surface area contributed by atoms with Gasteiger partial charge in [-0.1, -0.05) is 52.4 Å². The lowest BCUT2D eigenvalue weighted by molar-refractivity contribution is -0.0494. The Morgan fingerprint density at radius 3 is 1.86 bits per heavy atom. The molecular weight excluding hydrogens is 330 g/mol. The maximum atomic E-state index is 6.18. The predicted octanol–water partition coefficient (Wildman–Crippen LogP) is 4.86. The van der Waals surface area contributed by atoms with Crippen molar-refractivity contribution in [3.63, 3.8) is 0 Å². The normalized spacial score (nSPS) is 13.0. The number of halogens is 1. The van der Waals surface area contributed by atoms with Gasteiger partial charge in [0.2, 0.25) is 0 Å². The summed E-state index contributed by atoms with van der Waals surface area (Å²) in [7, 11) is 0. The summed E-state index contributed by atoms with van der Waals surface area (Å²) >= 11 is 0. The van der Waals surface area contributed by atoms with E-state index < -0.39 is 0 Å². The van der Waals surface area contributed by atoms with Crippen LogP contribution in [0.4, 0.5) is 0 Å². The van der Waals surface area contributed by atoms with Crippen LogP contribution < -0.4 is 5.73 Å². The zero-order chi connectivity index (χ0) is 15.3. The molecule has 0 aromatic rings. The zero-order valence-electron chi connectivity index (χ0n) is 14.7. The van der Waals surface area contributed by atoms with Crippen LogP contribution in [-0.4, -0.2) is 31.5 Å². The molecule has 1 atom stereocenters. The van der Waals surface area contributed by atoms with Crippen molar-refractivity contribution in [2.24, 2.45) is 5.73 Å². The van der Waals surface area contributed by atoms with Gasteiger partial charge in [0, 0.05) is 18.8 Å². The van der Waals surface area contributed by atoms with Crippen molar-refractivity contribution in [3.05, 3.63) is 0 Å². The minimum absolute atomic E-state index is 0. The van der Waals surface area contributed by atoms with Crippen LogP contribution in [0, 0.1) is 0 Å². The van der Waals surface area contributed by atoms with E-state index in [1.165, 1.54) is 38.5 Å². The second kappa shape index (κ2) is 15.3. The van der Waals surface area contributed by atoms with Gasteiger partial charge < -0.3 is 15.2 Å². The Morgan fingerprint density at radius 2 is 1.38 bits per heavy atom. The zero-order valence-corrected chi connectivity index (χ0v) is 16.4. The standard InChI is InChI=1S/C17H37NO2.BrH/c1-5-7-9-11-13-19-15-16(17(3,4)18)20-14-12-10-8-6-2;/h16H,5-15,18H2,1-4H3;1H. The van der Waals surface area contributed by atoms with E-state index in [2.05, 4.69) is 13.8 Å². The van der Waals surface area contributed by atoms with Crippen LogP contribution >= 0.6 is 17.0 Å². The summed E-state index contributed by atoms with van der Waals surface area (Å²) in [6.07, 6.45) is 9.86. The van der Waals surface area contributed by atoms with Crippen LogP contribution in [0.25, 0.3) is 0 Å². The monoisotopic (exact) mass is 367 g/mol. The summed E-state index contributed by atoms with van der Waals surface area (Å²) in [6, 6.07) is 0. The Morgan fingerprint density at radius 1 is 0.857 bits per heavy atom. The molecule has 0 rings (SSSR count). The largest absolute Gasteiger partial charge is 0.379 e. The van der Waals surface area contributed by atoms with Crippen molar-refractivity contribution < 1.29 is 9.47 Å². The molecule has 3 nitrogen and oxygen atoms in total. The average Bonchev–Trinajstić information content (AvgIpc) is 2.38. The number of hydrogen-bond donors (Lipinski definition) is 1. The van der Waals surface area contributed by atoms with Crippen molar-refractivity contribution in [2.75, 3.05) is 19.8 Å². The summed E-state index contributed by atoms with van der Waals surface area (Å²) in [4.78, 5) is 0. The Labute approximate surface area is 143 Å². The van der Waals surface area contributed by atoms with Crippen molar-refractivity contribution in [1.29, 1.82) is 0 Å². The lowest BCUT2D eigenvalue weighted by Crippen LogP contribution is -2.49. The molecule has 21 heavy (non-hydrogen) atoms. The van der Waals surface area contributed by atoms with Crippen molar-refractivity contribution in [1.82, 2.24) is 0 Å². The molecule has 2 N–H and O–H groups in total. The van der Waals surface area contributed by atoms with Gasteiger partial charge in [0.15, 0.2) is 0 Å². The summed E-state index contributed by atoms with van der Waals surface area (Å²) in [5.74, 6) is 0. The Bertz CT molecular complexity index is 207. The summed E-state index contributed by atoms with van der Waals surface area (Å²) in [6.45, 7) is 10.7. The molecule has 0 aromatic heterocycles. The van der Waals surface area contributed by atoms with E-state index in [1.54, 1.807) is 0 Å². The molecule has 0 aromatic carbocycles. The lowest BCUT2D eigenvalue weighted by atomic mass is 9.99. The molecule has 0 aliphatic heterocycles. The number of unbranched alkanes of at least 4 members (excludes halogenated alkanes) is 6. The molecule has 1 unspecified atom stereocenters. The van der Waals surface area contributed by atoms with E-state index in [0.29, 0.717) is 6.61 Å². The van der Waals surface area contributed by atoms with E-state index in [0.717, 1.165) is 26.1 Å². The second-order valence-corrected chi connectivity index (χ2v) is 6.38. The highest BCUT2D eigenvalue weighted by Gasteiger charge is 2.25. The highest BCUT2D eigenvalue weighted by molar-refractivity contribution is 8.93. The van der Waals surface area contributed by atoms with E-state index in [9.17, 15) is 0 Å². The molecular formula is C17H38BrNO2. The number of ether oxygens (including phenoxy) is 2. The molecule has 0 bridgehead atoms. The average molecular weight is 368 g/mol. The summed E-state index contributed by atoms with van der Waals surface area (Å²) in [5.41, 5.74) is 5.84. The molecule has 0 aliphatic rings. The van der Waals surface area contributed by atoms with Gasteiger partial charge in [0.25, 0.3) is 0 Å². The predicted molar refractivity (Wildman–Crippen MR) is 97.4 cm³/mol. The van der Waals surface area contributed by atoms with Crippen LogP contribution in [0.5, 0.6) is 0 Å². The van der Waals surface area contributed by atoms with Crippen LogP contribution in [0.2, 0.25) is 0 Å². The molecule has 0 fully saturated rings. The third-order valence-electron chi connectivity index (χ3n) is 3.56. The van der Waals surface area contributed by atoms with Crippen molar-refractivity contribution in [3.8, 4) is 0 Å². The van der Waals surface area contributed by atoms with Crippen molar-refractivity contribution >= 4 is 17.0 Å². The van der Waals surface area contributed by atoms with Gasteiger partial charge in [-0.25, -0.2) is 0 Å². The number of nitrogens with two attached hydrogens (primary N) is 1. The number of rotatable bonds is 14. The fourth-order valence-electron chi connectivity index (χ4n) is 2.05. The molecule has 0 saturated carbocycles. The topological polar surface area (TPSA) is 44.5 Å². The molecule has 0 heterocycles. The van der Waals surface area contributed by atoms with Gasteiger partial charge >= 0.3 is 0 Å². The smallest absolute Gasteiger partial charge is 0.0981 e. The first kappa shape index (κ1) is 23.6. The highest BCUT2D eigenvalue weighted by Crippen LogP contribution is 2.12. The van der Waals surface area contributed by atoms with Crippen LogP contribution in [0.1, 0.15) is 79.1 Å². The van der Waals surface area contributed by atoms with E-state index in [1.807, 2.05) is 13.8 Å². The maximum absolute atomic E-state index is 6.18. The number of hydrogen-bond acceptors (Lipinski definition) is 3. The second-order valence-electron chi connectivity index (χ2n) is 6.38. The molecule has 0 aliphatic carbocycles. The highest BCUT2D eigenvalue weighted by atomic mass is 79.9. The lowest BCUT2D eigenvalue weighted by Gasteiger charge is -2.30. The van der Waals surface area contributed by atoms with Crippen LogP contribution in [-0.2, 0) is 9.47 Å². The summed E-state index contributed by atoms with van der Waals surface area (Å²) in [5, 5.41) is 0. The van der Waals surface area contributed by atoms with Crippen LogP contribution in [0.3, 0.4) is 0 Å². The Kier molecular flexibility index (Phi) is 17.2. The van der Waals surface area contributed by atoms with Crippen LogP contribution in [0.15, 0.2) is 0 Å². The maximum Gasteiger partial charge on any atom is 0.0981 e.